The number of carbonyl (C=O) groups is 1. The lowest BCUT2D eigenvalue weighted by Crippen LogP contribution is -2.22. The fourth-order valence-corrected chi connectivity index (χ4v) is 2.30. The number of aromatic nitrogens is 1. The highest BCUT2D eigenvalue weighted by atomic mass is 35.5. The van der Waals surface area contributed by atoms with Gasteiger partial charge in [-0.25, -0.2) is 9.78 Å². The molecule has 1 aromatic heterocycles. The molecule has 0 amide bonds. The number of ether oxygens (including phenoxy) is 2. The predicted molar refractivity (Wildman–Crippen MR) is 68.2 cm³/mol. The zero-order chi connectivity index (χ0) is 12.8. The number of hydrogen-bond acceptors (Lipinski definition) is 6. The summed E-state index contributed by atoms with van der Waals surface area (Å²) in [4.78, 5) is 17.7. The maximum atomic E-state index is 11.4. The van der Waals surface area contributed by atoms with Crippen molar-refractivity contribution >= 4 is 34.0 Å². The number of rotatable bonds is 6. The van der Waals surface area contributed by atoms with Gasteiger partial charge in [0.25, 0.3) is 0 Å². The van der Waals surface area contributed by atoms with Crippen LogP contribution in [0.4, 0.5) is 5.13 Å². The Labute approximate surface area is 109 Å². The van der Waals surface area contributed by atoms with Crippen molar-refractivity contribution in [3.8, 4) is 0 Å². The second-order valence-electron chi connectivity index (χ2n) is 3.23. The first-order chi connectivity index (χ1) is 8.10. The van der Waals surface area contributed by atoms with Gasteiger partial charge >= 0.3 is 5.97 Å². The van der Waals surface area contributed by atoms with E-state index in [9.17, 15) is 4.79 Å². The SMILES string of the molecule is CCOCCN(C)c1nc(Cl)c(C(=O)OC)s1. The van der Waals surface area contributed by atoms with E-state index in [0.717, 1.165) is 0 Å². The number of anilines is 1. The number of hydrogen-bond donors (Lipinski definition) is 0. The molecule has 0 bridgehead atoms. The Morgan fingerprint density at radius 2 is 2.29 bits per heavy atom. The van der Waals surface area contributed by atoms with Crippen molar-refractivity contribution in [3.63, 3.8) is 0 Å². The van der Waals surface area contributed by atoms with Crippen LogP contribution in [0.5, 0.6) is 0 Å². The smallest absolute Gasteiger partial charge is 0.351 e. The standard InChI is InChI=1S/C10H15ClN2O3S/c1-4-16-6-5-13(2)10-12-8(11)7(17-10)9(14)15-3/h4-6H2,1-3H3. The van der Waals surface area contributed by atoms with Crippen LogP contribution < -0.4 is 4.90 Å². The number of halogens is 1. The minimum Gasteiger partial charge on any atom is -0.465 e. The van der Waals surface area contributed by atoms with Crippen molar-refractivity contribution in [3.05, 3.63) is 10.0 Å². The van der Waals surface area contributed by atoms with Crippen molar-refractivity contribution < 1.29 is 14.3 Å². The van der Waals surface area contributed by atoms with Crippen LogP contribution in [0, 0.1) is 0 Å². The van der Waals surface area contributed by atoms with E-state index < -0.39 is 5.97 Å². The van der Waals surface area contributed by atoms with Gasteiger partial charge < -0.3 is 14.4 Å². The molecule has 0 atom stereocenters. The van der Waals surface area contributed by atoms with Crippen LogP contribution >= 0.6 is 22.9 Å². The molecule has 5 nitrogen and oxygen atoms in total. The maximum Gasteiger partial charge on any atom is 0.351 e. The molecule has 0 aliphatic heterocycles. The number of carbonyl (C=O) groups excluding carboxylic acids is 1. The Bertz CT molecular complexity index is 384. The number of esters is 1. The lowest BCUT2D eigenvalue weighted by atomic mass is 10.6. The number of thiazole rings is 1. The van der Waals surface area contributed by atoms with E-state index in [1.165, 1.54) is 18.4 Å². The van der Waals surface area contributed by atoms with Gasteiger partial charge in [-0.15, -0.1) is 0 Å². The van der Waals surface area contributed by atoms with E-state index in [1.54, 1.807) is 0 Å². The van der Waals surface area contributed by atoms with Crippen LogP contribution in [-0.2, 0) is 9.47 Å². The lowest BCUT2D eigenvalue weighted by Gasteiger charge is -2.14. The second-order valence-corrected chi connectivity index (χ2v) is 4.56. The molecule has 0 aliphatic rings. The molecule has 0 aromatic carbocycles. The van der Waals surface area contributed by atoms with Crippen molar-refractivity contribution in [2.24, 2.45) is 0 Å². The molecular formula is C10H15ClN2O3S. The molecule has 96 valence electrons. The van der Waals surface area contributed by atoms with E-state index in [1.807, 2.05) is 18.9 Å². The zero-order valence-corrected chi connectivity index (χ0v) is 11.6. The first-order valence-electron chi connectivity index (χ1n) is 5.13. The number of nitrogens with zero attached hydrogens (tertiary/aromatic N) is 2. The Kier molecular flexibility index (Phi) is 5.67. The third-order valence-corrected chi connectivity index (χ3v) is 3.58. The Morgan fingerprint density at radius 3 is 2.88 bits per heavy atom. The maximum absolute atomic E-state index is 11.4. The largest absolute Gasteiger partial charge is 0.465 e. The van der Waals surface area contributed by atoms with E-state index in [0.29, 0.717) is 29.8 Å². The molecule has 0 saturated carbocycles. The summed E-state index contributed by atoms with van der Waals surface area (Å²) < 4.78 is 9.85. The van der Waals surface area contributed by atoms with Crippen LogP contribution in [0.3, 0.4) is 0 Å². The molecule has 1 rings (SSSR count). The highest BCUT2D eigenvalue weighted by Gasteiger charge is 2.18. The third kappa shape index (κ3) is 3.83. The van der Waals surface area contributed by atoms with Crippen LogP contribution in [0.2, 0.25) is 5.15 Å². The van der Waals surface area contributed by atoms with Gasteiger partial charge in [-0.2, -0.15) is 0 Å². The Hall–Kier alpha value is -0.850. The molecule has 17 heavy (non-hydrogen) atoms. The van der Waals surface area contributed by atoms with E-state index >= 15 is 0 Å². The van der Waals surface area contributed by atoms with Gasteiger partial charge in [0.1, 0.15) is 0 Å². The third-order valence-electron chi connectivity index (χ3n) is 2.05. The average Bonchev–Trinajstić information content (AvgIpc) is 2.70. The summed E-state index contributed by atoms with van der Waals surface area (Å²) in [7, 11) is 3.19. The van der Waals surface area contributed by atoms with E-state index in [2.05, 4.69) is 9.72 Å². The van der Waals surface area contributed by atoms with Gasteiger partial charge in [0.05, 0.1) is 13.7 Å². The zero-order valence-electron chi connectivity index (χ0n) is 10.0. The Morgan fingerprint density at radius 1 is 1.59 bits per heavy atom. The molecule has 0 radical (unpaired) electrons. The number of likely N-dealkylation sites (N-methyl/N-ethyl adjacent to an activating group) is 1. The summed E-state index contributed by atoms with van der Waals surface area (Å²) in [5, 5.41) is 0.857. The molecule has 0 spiro atoms. The Balaban J connectivity index is 2.68. The predicted octanol–water partition coefficient (Wildman–Crippen LogP) is 2.06. The monoisotopic (exact) mass is 278 g/mol. The average molecular weight is 279 g/mol. The molecule has 0 unspecified atom stereocenters. The van der Waals surface area contributed by atoms with Crippen LogP contribution in [0.1, 0.15) is 16.6 Å². The van der Waals surface area contributed by atoms with Crippen molar-refractivity contribution in [2.75, 3.05) is 38.8 Å². The second kappa shape index (κ2) is 6.78. The molecule has 1 heterocycles. The molecule has 7 heteroatoms. The fraction of sp³-hybridized carbons (Fsp3) is 0.600. The first-order valence-corrected chi connectivity index (χ1v) is 6.33. The minimum absolute atomic E-state index is 0.181. The highest BCUT2D eigenvalue weighted by Crippen LogP contribution is 2.29. The summed E-state index contributed by atoms with van der Waals surface area (Å²) >= 11 is 7.08. The molecular weight excluding hydrogens is 264 g/mol. The quantitative estimate of drug-likeness (QED) is 0.589. The summed E-state index contributed by atoms with van der Waals surface area (Å²) in [6.45, 7) is 3.92. The van der Waals surface area contributed by atoms with Crippen LogP contribution in [-0.4, -0.2) is 44.9 Å². The topological polar surface area (TPSA) is 51.7 Å². The first kappa shape index (κ1) is 14.2. The summed E-state index contributed by atoms with van der Waals surface area (Å²) in [5.74, 6) is -0.461. The van der Waals surface area contributed by atoms with Gasteiger partial charge in [-0.05, 0) is 6.92 Å². The van der Waals surface area contributed by atoms with Crippen molar-refractivity contribution in [1.82, 2.24) is 4.98 Å². The fourth-order valence-electron chi connectivity index (χ4n) is 1.11. The van der Waals surface area contributed by atoms with Crippen LogP contribution in [0.25, 0.3) is 0 Å². The molecule has 0 N–H and O–H groups in total. The summed E-state index contributed by atoms with van der Waals surface area (Å²) in [5.41, 5.74) is 0. The van der Waals surface area contributed by atoms with Gasteiger partial charge in [-0.1, -0.05) is 22.9 Å². The van der Waals surface area contributed by atoms with Crippen molar-refractivity contribution in [2.45, 2.75) is 6.92 Å². The molecule has 1 aromatic rings. The highest BCUT2D eigenvalue weighted by molar-refractivity contribution is 7.18. The molecule has 0 aliphatic carbocycles. The van der Waals surface area contributed by atoms with E-state index in [-0.39, 0.29) is 5.15 Å². The van der Waals surface area contributed by atoms with Gasteiger partial charge in [0.2, 0.25) is 0 Å². The molecule has 0 fully saturated rings. The summed E-state index contributed by atoms with van der Waals surface area (Å²) in [6.07, 6.45) is 0. The van der Waals surface area contributed by atoms with Crippen molar-refractivity contribution in [1.29, 1.82) is 0 Å². The van der Waals surface area contributed by atoms with Gasteiger partial charge in [0.15, 0.2) is 15.2 Å². The lowest BCUT2D eigenvalue weighted by molar-refractivity contribution is 0.0606. The number of methoxy groups -OCH3 is 1. The van der Waals surface area contributed by atoms with E-state index in [4.69, 9.17) is 16.3 Å². The molecule has 0 saturated heterocycles. The van der Waals surface area contributed by atoms with Gasteiger partial charge in [0, 0.05) is 20.2 Å². The van der Waals surface area contributed by atoms with Gasteiger partial charge in [-0.3, -0.25) is 0 Å². The normalized spacial score (nSPS) is 10.4. The summed E-state index contributed by atoms with van der Waals surface area (Å²) in [6, 6.07) is 0. The minimum atomic E-state index is -0.461. The van der Waals surface area contributed by atoms with Crippen LogP contribution in [0.15, 0.2) is 0 Å².